The summed E-state index contributed by atoms with van der Waals surface area (Å²) in [5, 5.41) is 23.8. The van der Waals surface area contributed by atoms with Crippen LogP contribution in [0.15, 0.2) is 48.5 Å². The molecular weight excluding hydrogens is 297 g/mol. The van der Waals surface area contributed by atoms with Crippen LogP contribution in [0.5, 0.6) is 0 Å². The predicted molar refractivity (Wildman–Crippen MR) is 82.8 cm³/mol. The minimum atomic E-state index is -1.12. The Morgan fingerprint density at radius 1 is 1.22 bits per heavy atom. The fraction of sp³-hybridized carbons (Fsp3) is 0.176. The van der Waals surface area contributed by atoms with Crippen molar-refractivity contribution in [1.29, 1.82) is 5.26 Å². The highest BCUT2D eigenvalue weighted by atomic mass is 19.1. The number of hydrogen-bond donors (Lipinski definition) is 3. The van der Waals surface area contributed by atoms with Crippen molar-refractivity contribution in [2.24, 2.45) is 0 Å². The Balaban J connectivity index is 1.81. The molecule has 0 aliphatic carbocycles. The Kier molecular flexibility index (Phi) is 5.67. The van der Waals surface area contributed by atoms with E-state index in [1.165, 1.54) is 18.2 Å². The molecule has 1 unspecified atom stereocenters. The number of carbonyl (C=O) groups excluding carboxylic acids is 1. The van der Waals surface area contributed by atoms with Gasteiger partial charge in [0.15, 0.2) is 0 Å². The molecule has 0 radical (unpaired) electrons. The fourth-order valence-electron chi connectivity index (χ4n) is 2.04. The smallest absolute Gasteiger partial charge is 0.315 e. The molecule has 118 valence electrons. The molecule has 2 aromatic carbocycles. The van der Waals surface area contributed by atoms with E-state index >= 15 is 0 Å². The molecule has 0 saturated carbocycles. The van der Waals surface area contributed by atoms with Crippen LogP contribution in [0.1, 0.15) is 22.8 Å². The van der Waals surface area contributed by atoms with Crippen molar-refractivity contribution in [3.63, 3.8) is 0 Å². The molecule has 3 N–H and O–H groups in total. The number of nitrogens with zero attached hydrogens (tertiary/aromatic N) is 1. The van der Waals surface area contributed by atoms with Crippen LogP contribution in [0.25, 0.3) is 0 Å². The fourth-order valence-corrected chi connectivity index (χ4v) is 2.04. The van der Waals surface area contributed by atoms with Crippen molar-refractivity contribution in [1.82, 2.24) is 10.6 Å². The van der Waals surface area contributed by atoms with E-state index in [0.717, 1.165) is 5.56 Å². The van der Waals surface area contributed by atoms with Gasteiger partial charge in [0.25, 0.3) is 0 Å². The molecule has 0 saturated heterocycles. The maximum absolute atomic E-state index is 13.5. The van der Waals surface area contributed by atoms with E-state index in [1.807, 2.05) is 6.07 Å². The van der Waals surface area contributed by atoms with E-state index in [2.05, 4.69) is 10.6 Å². The van der Waals surface area contributed by atoms with E-state index in [1.54, 1.807) is 30.3 Å². The normalized spacial score (nSPS) is 11.3. The molecule has 0 heterocycles. The molecule has 23 heavy (non-hydrogen) atoms. The van der Waals surface area contributed by atoms with Gasteiger partial charge in [-0.1, -0.05) is 30.3 Å². The Labute approximate surface area is 133 Å². The van der Waals surface area contributed by atoms with Gasteiger partial charge in [-0.25, -0.2) is 9.18 Å². The lowest BCUT2D eigenvalue weighted by Crippen LogP contribution is -2.37. The Bertz CT molecular complexity index is 728. The molecule has 0 aliphatic rings. The van der Waals surface area contributed by atoms with Crippen LogP contribution in [-0.4, -0.2) is 17.7 Å². The summed E-state index contributed by atoms with van der Waals surface area (Å²) >= 11 is 0. The molecular formula is C17H16FN3O2. The number of aliphatic hydroxyl groups is 1. The average Bonchev–Trinajstić information content (AvgIpc) is 2.58. The van der Waals surface area contributed by atoms with Crippen LogP contribution < -0.4 is 10.6 Å². The van der Waals surface area contributed by atoms with E-state index in [9.17, 15) is 14.3 Å². The second kappa shape index (κ2) is 7.92. The summed E-state index contributed by atoms with van der Waals surface area (Å²) in [6.07, 6.45) is -1.12. The molecule has 0 bridgehead atoms. The van der Waals surface area contributed by atoms with Crippen LogP contribution >= 0.6 is 0 Å². The predicted octanol–water partition coefficient (Wildman–Crippen LogP) is 2.23. The number of aliphatic hydroxyl groups excluding tert-OH is 1. The van der Waals surface area contributed by atoms with Crippen molar-refractivity contribution < 1.29 is 14.3 Å². The molecule has 2 rings (SSSR count). The van der Waals surface area contributed by atoms with Gasteiger partial charge in [0.2, 0.25) is 0 Å². The summed E-state index contributed by atoms with van der Waals surface area (Å²) in [4.78, 5) is 11.7. The summed E-state index contributed by atoms with van der Waals surface area (Å²) in [6, 6.07) is 14.3. The lowest BCUT2D eigenvalue weighted by atomic mass is 10.1. The summed E-state index contributed by atoms with van der Waals surface area (Å²) < 4.78 is 13.5. The molecule has 0 fully saturated rings. The zero-order valence-corrected chi connectivity index (χ0v) is 12.3. The first-order valence-corrected chi connectivity index (χ1v) is 7.03. The second-order valence-electron chi connectivity index (χ2n) is 4.91. The van der Waals surface area contributed by atoms with Crippen molar-refractivity contribution >= 4 is 6.03 Å². The van der Waals surface area contributed by atoms with Gasteiger partial charge in [-0.2, -0.15) is 5.26 Å². The number of amides is 2. The number of rotatable bonds is 5. The number of nitriles is 1. The molecule has 0 spiro atoms. The Morgan fingerprint density at radius 3 is 2.74 bits per heavy atom. The van der Waals surface area contributed by atoms with Gasteiger partial charge in [-0.3, -0.25) is 0 Å². The van der Waals surface area contributed by atoms with E-state index in [4.69, 9.17) is 5.26 Å². The third-order valence-electron chi connectivity index (χ3n) is 3.23. The van der Waals surface area contributed by atoms with Crippen LogP contribution in [0.4, 0.5) is 9.18 Å². The van der Waals surface area contributed by atoms with Gasteiger partial charge in [0.1, 0.15) is 5.82 Å². The van der Waals surface area contributed by atoms with Gasteiger partial charge in [0, 0.05) is 18.7 Å². The van der Waals surface area contributed by atoms with Gasteiger partial charge < -0.3 is 15.7 Å². The minimum absolute atomic E-state index is 0.106. The lowest BCUT2D eigenvalue weighted by Gasteiger charge is -2.13. The topological polar surface area (TPSA) is 85.2 Å². The molecule has 0 aliphatic heterocycles. The highest BCUT2D eigenvalue weighted by molar-refractivity contribution is 5.73. The van der Waals surface area contributed by atoms with Gasteiger partial charge in [-0.15, -0.1) is 0 Å². The van der Waals surface area contributed by atoms with Crippen molar-refractivity contribution in [3.05, 3.63) is 71.0 Å². The molecule has 6 heteroatoms. The molecule has 0 aromatic heterocycles. The van der Waals surface area contributed by atoms with E-state index in [-0.39, 0.29) is 18.7 Å². The summed E-state index contributed by atoms with van der Waals surface area (Å²) in [5.41, 5.74) is 1.43. The quantitative estimate of drug-likeness (QED) is 0.791. The first-order chi connectivity index (χ1) is 11.1. The van der Waals surface area contributed by atoms with Gasteiger partial charge in [0.05, 0.1) is 17.7 Å². The molecule has 2 aromatic rings. The Hall–Kier alpha value is -2.91. The maximum atomic E-state index is 13.5. The van der Waals surface area contributed by atoms with Crippen LogP contribution in [0, 0.1) is 17.1 Å². The van der Waals surface area contributed by atoms with Crippen molar-refractivity contribution in [2.75, 3.05) is 6.54 Å². The average molecular weight is 313 g/mol. The zero-order chi connectivity index (χ0) is 16.7. The first-order valence-electron chi connectivity index (χ1n) is 7.03. The van der Waals surface area contributed by atoms with Crippen LogP contribution in [0.3, 0.4) is 0 Å². The second-order valence-corrected chi connectivity index (χ2v) is 4.91. The van der Waals surface area contributed by atoms with Crippen LogP contribution in [0.2, 0.25) is 0 Å². The lowest BCUT2D eigenvalue weighted by molar-refractivity contribution is 0.169. The molecule has 1 atom stereocenters. The zero-order valence-electron chi connectivity index (χ0n) is 12.3. The third kappa shape index (κ3) is 4.80. The van der Waals surface area contributed by atoms with E-state index < -0.39 is 18.0 Å². The number of hydrogen-bond acceptors (Lipinski definition) is 3. The van der Waals surface area contributed by atoms with E-state index in [0.29, 0.717) is 5.56 Å². The van der Waals surface area contributed by atoms with Gasteiger partial charge >= 0.3 is 6.03 Å². The summed E-state index contributed by atoms with van der Waals surface area (Å²) in [5.74, 6) is -0.518. The SMILES string of the molecule is N#Cc1cccc(CNC(=O)NCC(O)c2ccccc2F)c1. The monoisotopic (exact) mass is 313 g/mol. The largest absolute Gasteiger partial charge is 0.386 e. The Morgan fingerprint density at radius 2 is 2.00 bits per heavy atom. The third-order valence-corrected chi connectivity index (χ3v) is 3.23. The number of carbonyl (C=O) groups is 1. The van der Waals surface area contributed by atoms with Crippen molar-refractivity contribution in [3.8, 4) is 6.07 Å². The maximum Gasteiger partial charge on any atom is 0.315 e. The first kappa shape index (κ1) is 16.5. The van der Waals surface area contributed by atoms with Crippen LogP contribution in [-0.2, 0) is 6.54 Å². The summed E-state index contributed by atoms with van der Waals surface area (Å²) in [6.45, 7) is 0.141. The number of halogens is 1. The number of nitrogens with one attached hydrogen (secondary N) is 2. The number of urea groups is 1. The molecule has 5 nitrogen and oxygen atoms in total. The van der Waals surface area contributed by atoms with Crippen molar-refractivity contribution in [2.45, 2.75) is 12.6 Å². The highest BCUT2D eigenvalue weighted by Gasteiger charge is 2.13. The summed E-state index contributed by atoms with van der Waals surface area (Å²) in [7, 11) is 0. The van der Waals surface area contributed by atoms with Gasteiger partial charge in [-0.05, 0) is 23.8 Å². The minimum Gasteiger partial charge on any atom is -0.386 e. The number of benzene rings is 2. The highest BCUT2D eigenvalue weighted by Crippen LogP contribution is 2.15. The standard InChI is InChI=1S/C17H16FN3O2/c18-15-7-2-1-6-14(15)16(22)11-21-17(23)20-10-13-5-3-4-12(8-13)9-19/h1-8,16,22H,10-11H2,(H2,20,21,23). The molecule has 2 amide bonds.